The van der Waals surface area contributed by atoms with E-state index in [1.807, 2.05) is 18.2 Å². The molecule has 1 saturated carbocycles. The normalized spacial score (nSPS) is 16.6. The van der Waals surface area contributed by atoms with Crippen molar-refractivity contribution >= 4 is 11.6 Å². The third-order valence-electron chi connectivity index (χ3n) is 3.84. The summed E-state index contributed by atoms with van der Waals surface area (Å²) in [6.45, 7) is 4.14. The molecule has 0 unspecified atom stereocenters. The second kappa shape index (κ2) is 5.94. The molecule has 2 nitrogen and oxygen atoms in total. The summed E-state index contributed by atoms with van der Waals surface area (Å²) in [6, 6.07) is 5.80. The molecule has 18 heavy (non-hydrogen) atoms. The molecule has 1 aliphatic rings. The molecule has 1 fully saturated rings. The van der Waals surface area contributed by atoms with Gasteiger partial charge in [0.15, 0.2) is 0 Å². The van der Waals surface area contributed by atoms with Crippen molar-refractivity contribution in [3.8, 4) is 5.75 Å². The number of nitrogens with one attached hydrogen (secondary N) is 1. The third kappa shape index (κ3) is 3.18. The van der Waals surface area contributed by atoms with Gasteiger partial charge in [0.05, 0.1) is 7.11 Å². The summed E-state index contributed by atoms with van der Waals surface area (Å²) in [5.41, 5.74) is 1.64. The molecule has 1 aromatic rings. The molecule has 0 aromatic heterocycles. The smallest absolute Gasteiger partial charge is 0.124 e. The van der Waals surface area contributed by atoms with Crippen LogP contribution in [-0.4, -0.2) is 13.7 Å². The number of methoxy groups -OCH3 is 1. The van der Waals surface area contributed by atoms with Crippen LogP contribution in [0.2, 0.25) is 5.02 Å². The molecule has 1 aliphatic carbocycles. The monoisotopic (exact) mass is 267 g/mol. The fourth-order valence-corrected chi connectivity index (χ4v) is 2.81. The highest BCUT2D eigenvalue weighted by Gasteiger charge is 2.40. The maximum atomic E-state index is 6.21. The topological polar surface area (TPSA) is 21.3 Å². The van der Waals surface area contributed by atoms with E-state index in [0.29, 0.717) is 5.41 Å². The van der Waals surface area contributed by atoms with Crippen LogP contribution in [0.15, 0.2) is 18.2 Å². The zero-order valence-corrected chi connectivity index (χ0v) is 12.0. The minimum absolute atomic E-state index is 0.573. The largest absolute Gasteiger partial charge is 0.496 e. The maximum Gasteiger partial charge on any atom is 0.124 e. The standard InChI is InChI=1S/C15H22ClNO/c1-3-7-15(8-9-15)11-17-10-12-13(16)5-4-6-14(12)18-2/h4-6,17H,3,7-11H2,1-2H3. The van der Waals surface area contributed by atoms with Crippen LogP contribution in [0.3, 0.4) is 0 Å². The second-order valence-corrected chi connectivity index (χ2v) is 5.68. The molecule has 1 N–H and O–H groups in total. The molecule has 100 valence electrons. The highest BCUT2D eigenvalue weighted by Crippen LogP contribution is 2.49. The van der Waals surface area contributed by atoms with Crippen LogP contribution < -0.4 is 10.1 Å². The van der Waals surface area contributed by atoms with Crippen molar-refractivity contribution in [3.63, 3.8) is 0 Å². The first-order valence-electron chi connectivity index (χ1n) is 6.73. The molecular formula is C15H22ClNO. The number of hydrogen-bond acceptors (Lipinski definition) is 2. The molecule has 0 amide bonds. The fourth-order valence-electron chi connectivity index (χ4n) is 2.58. The first-order valence-corrected chi connectivity index (χ1v) is 7.11. The van der Waals surface area contributed by atoms with Gasteiger partial charge in [-0.2, -0.15) is 0 Å². The Morgan fingerprint density at radius 1 is 1.39 bits per heavy atom. The molecule has 0 saturated heterocycles. The van der Waals surface area contributed by atoms with E-state index in [0.717, 1.165) is 29.4 Å². The number of rotatable bonds is 7. The molecule has 2 rings (SSSR count). The summed E-state index contributed by atoms with van der Waals surface area (Å²) in [5, 5.41) is 4.32. The maximum absolute atomic E-state index is 6.21. The van der Waals surface area contributed by atoms with Crippen molar-refractivity contribution in [3.05, 3.63) is 28.8 Å². The Hall–Kier alpha value is -0.730. The van der Waals surface area contributed by atoms with Crippen molar-refractivity contribution < 1.29 is 4.74 Å². The quantitative estimate of drug-likeness (QED) is 0.806. The average Bonchev–Trinajstić information content (AvgIpc) is 3.12. The number of halogens is 1. The van der Waals surface area contributed by atoms with Gasteiger partial charge in [-0.15, -0.1) is 0 Å². The Kier molecular flexibility index (Phi) is 4.52. The molecule has 3 heteroatoms. The lowest BCUT2D eigenvalue weighted by Crippen LogP contribution is -2.23. The SMILES string of the molecule is CCCC1(CNCc2c(Cl)cccc2OC)CC1. The lowest BCUT2D eigenvalue weighted by atomic mass is 10.0. The van der Waals surface area contributed by atoms with Crippen molar-refractivity contribution in [2.75, 3.05) is 13.7 Å². The molecule has 0 bridgehead atoms. The van der Waals surface area contributed by atoms with Crippen LogP contribution >= 0.6 is 11.6 Å². The molecule has 0 atom stereocenters. The highest BCUT2D eigenvalue weighted by atomic mass is 35.5. The Balaban J connectivity index is 1.90. The molecule has 0 heterocycles. The first-order chi connectivity index (χ1) is 8.71. The van der Waals surface area contributed by atoms with Gasteiger partial charge in [-0.25, -0.2) is 0 Å². The average molecular weight is 268 g/mol. The number of hydrogen-bond donors (Lipinski definition) is 1. The van der Waals surface area contributed by atoms with Crippen LogP contribution in [-0.2, 0) is 6.54 Å². The van der Waals surface area contributed by atoms with Gasteiger partial charge in [-0.1, -0.05) is 31.0 Å². The predicted octanol–water partition coefficient (Wildman–Crippen LogP) is 4.02. The van der Waals surface area contributed by atoms with E-state index in [9.17, 15) is 0 Å². The third-order valence-corrected chi connectivity index (χ3v) is 4.19. The lowest BCUT2D eigenvalue weighted by Gasteiger charge is -2.16. The summed E-state index contributed by atoms with van der Waals surface area (Å²) >= 11 is 6.21. The summed E-state index contributed by atoms with van der Waals surface area (Å²) in [7, 11) is 1.69. The Bertz CT molecular complexity index is 401. The van der Waals surface area contributed by atoms with Crippen LogP contribution in [0.25, 0.3) is 0 Å². The minimum atomic E-state index is 0.573. The van der Waals surface area contributed by atoms with Gasteiger partial charge in [0.25, 0.3) is 0 Å². The number of ether oxygens (including phenoxy) is 1. The first kappa shape index (κ1) is 13.7. The second-order valence-electron chi connectivity index (χ2n) is 5.27. The predicted molar refractivity (Wildman–Crippen MR) is 76.3 cm³/mol. The van der Waals surface area contributed by atoms with Gasteiger partial charge in [-0.3, -0.25) is 0 Å². The summed E-state index contributed by atoms with van der Waals surface area (Å²) in [6.07, 6.45) is 5.34. The summed E-state index contributed by atoms with van der Waals surface area (Å²) < 4.78 is 5.35. The van der Waals surface area contributed by atoms with Gasteiger partial charge < -0.3 is 10.1 Å². The van der Waals surface area contributed by atoms with Gasteiger partial charge in [-0.05, 0) is 36.8 Å². The van der Waals surface area contributed by atoms with E-state index in [1.54, 1.807) is 7.11 Å². The van der Waals surface area contributed by atoms with E-state index in [4.69, 9.17) is 16.3 Å². The van der Waals surface area contributed by atoms with Crippen molar-refractivity contribution in [2.24, 2.45) is 5.41 Å². The molecule has 0 aliphatic heterocycles. The van der Waals surface area contributed by atoms with Crippen LogP contribution in [0, 0.1) is 5.41 Å². The van der Waals surface area contributed by atoms with Gasteiger partial charge >= 0.3 is 0 Å². The van der Waals surface area contributed by atoms with Crippen molar-refractivity contribution in [1.29, 1.82) is 0 Å². The lowest BCUT2D eigenvalue weighted by molar-refractivity contribution is 0.397. The summed E-state index contributed by atoms with van der Waals surface area (Å²) in [4.78, 5) is 0. The molecular weight excluding hydrogens is 246 g/mol. The van der Waals surface area contributed by atoms with Crippen molar-refractivity contribution in [2.45, 2.75) is 39.2 Å². The van der Waals surface area contributed by atoms with Crippen molar-refractivity contribution in [1.82, 2.24) is 5.32 Å². The Morgan fingerprint density at radius 2 is 2.17 bits per heavy atom. The van der Waals surface area contributed by atoms with E-state index in [-0.39, 0.29) is 0 Å². The minimum Gasteiger partial charge on any atom is -0.496 e. The van der Waals surface area contributed by atoms with Gasteiger partial charge in [0.1, 0.15) is 5.75 Å². The zero-order valence-electron chi connectivity index (χ0n) is 11.3. The van der Waals surface area contributed by atoms with E-state index >= 15 is 0 Å². The molecule has 1 aromatic carbocycles. The summed E-state index contributed by atoms with van der Waals surface area (Å²) in [5.74, 6) is 0.871. The molecule has 0 radical (unpaired) electrons. The highest BCUT2D eigenvalue weighted by molar-refractivity contribution is 6.31. The molecule has 0 spiro atoms. The van der Waals surface area contributed by atoms with Gasteiger partial charge in [0, 0.05) is 23.7 Å². The van der Waals surface area contributed by atoms with E-state index < -0.39 is 0 Å². The van der Waals surface area contributed by atoms with Crippen LogP contribution in [0.1, 0.15) is 38.2 Å². The Morgan fingerprint density at radius 3 is 2.78 bits per heavy atom. The van der Waals surface area contributed by atoms with E-state index in [2.05, 4.69) is 12.2 Å². The van der Waals surface area contributed by atoms with Crippen LogP contribution in [0.4, 0.5) is 0 Å². The Labute approximate surface area is 115 Å². The fraction of sp³-hybridized carbons (Fsp3) is 0.600. The number of benzene rings is 1. The van der Waals surface area contributed by atoms with E-state index in [1.165, 1.54) is 25.7 Å². The van der Waals surface area contributed by atoms with Gasteiger partial charge in [0.2, 0.25) is 0 Å². The zero-order chi connectivity index (χ0) is 13.0. The van der Waals surface area contributed by atoms with Crippen LogP contribution in [0.5, 0.6) is 5.75 Å².